The number of ether oxygens (including phenoxy) is 2. The molecule has 0 bridgehead atoms. The van der Waals surface area contributed by atoms with Crippen LogP contribution in [0.15, 0.2) is 28.9 Å². The number of carbonyl (C=O) groups excluding carboxylic acids is 1. The van der Waals surface area contributed by atoms with E-state index in [1.807, 2.05) is 12.1 Å². The molecule has 4 heterocycles. The van der Waals surface area contributed by atoms with Crippen LogP contribution in [0, 0.1) is 5.92 Å². The molecule has 2 aromatic rings. The topological polar surface area (TPSA) is 110 Å². The third kappa shape index (κ3) is 8.51. The molecular weight excluding hydrogens is 516 g/mol. The number of likely N-dealkylation sites (tertiary alicyclic amines) is 1. The lowest BCUT2D eigenvalue weighted by Crippen LogP contribution is -2.36. The molecule has 0 unspecified atom stereocenters. The highest BCUT2D eigenvalue weighted by atomic mass is 35.5. The number of aromatic nitrogens is 3. The van der Waals surface area contributed by atoms with Crippen molar-refractivity contribution in [3.63, 3.8) is 0 Å². The summed E-state index contributed by atoms with van der Waals surface area (Å²) in [5, 5.41) is 0.363. The number of esters is 1. The Labute approximate surface area is 223 Å². The second-order valence-corrected chi connectivity index (χ2v) is 12.9. The zero-order chi connectivity index (χ0) is 26.4. The molecule has 0 amide bonds. The molecule has 2 aromatic heterocycles. The molecule has 12 heteroatoms. The smallest absolute Gasteiger partial charge is 0.305 e. The van der Waals surface area contributed by atoms with Crippen molar-refractivity contribution in [2.24, 2.45) is 10.3 Å². The normalized spacial score (nSPS) is 18.0. The van der Waals surface area contributed by atoms with Gasteiger partial charge in [0.25, 0.3) is 0 Å². The van der Waals surface area contributed by atoms with Crippen LogP contribution in [0.3, 0.4) is 0 Å². The number of anilines is 1. The van der Waals surface area contributed by atoms with Crippen LogP contribution in [0.25, 0.3) is 0 Å². The number of rotatable bonds is 8. The number of halogens is 1. The molecule has 0 atom stereocenters. The second kappa shape index (κ2) is 12.4. The van der Waals surface area contributed by atoms with Gasteiger partial charge < -0.3 is 14.4 Å². The lowest BCUT2D eigenvalue weighted by atomic mass is 9.93. The predicted octanol–water partition coefficient (Wildman–Crippen LogP) is 3.79. The highest BCUT2D eigenvalue weighted by Gasteiger charge is 2.23. The van der Waals surface area contributed by atoms with Gasteiger partial charge in [0, 0.05) is 54.4 Å². The highest BCUT2D eigenvalue weighted by molar-refractivity contribution is 7.92. The molecule has 2 saturated heterocycles. The molecule has 10 nitrogen and oxygen atoms in total. The van der Waals surface area contributed by atoms with E-state index >= 15 is 0 Å². The minimum Gasteiger partial charge on any atom is -0.469 e. The first-order chi connectivity index (χ1) is 17.7. The average Bonchev–Trinajstić information content (AvgIpc) is 2.85. The van der Waals surface area contributed by atoms with E-state index in [2.05, 4.69) is 29.1 Å². The van der Waals surface area contributed by atoms with Crippen LogP contribution in [0.4, 0.5) is 5.95 Å². The zero-order valence-electron chi connectivity index (χ0n) is 21.6. The van der Waals surface area contributed by atoms with Gasteiger partial charge in [0.05, 0.1) is 25.5 Å². The summed E-state index contributed by atoms with van der Waals surface area (Å²) in [6, 6.07) is 3.85. The van der Waals surface area contributed by atoms with Crippen molar-refractivity contribution in [2.75, 3.05) is 50.7 Å². The van der Waals surface area contributed by atoms with Crippen LogP contribution in [0.5, 0.6) is 11.6 Å². The van der Waals surface area contributed by atoms with Gasteiger partial charge in [-0.15, -0.1) is 0 Å². The van der Waals surface area contributed by atoms with E-state index in [0.29, 0.717) is 35.1 Å². The van der Waals surface area contributed by atoms with Gasteiger partial charge in [-0.3, -0.25) is 13.9 Å². The van der Waals surface area contributed by atoms with Crippen molar-refractivity contribution < 1.29 is 18.5 Å². The number of nitrogens with zero attached hydrogens (tertiary/aromatic N) is 6. The van der Waals surface area contributed by atoms with Gasteiger partial charge in [-0.1, -0.05) is 11.6 Å². The Morgan fingerprint density at radius 3 is 2.41 bits per heavy atom. The Kier molecular flexibility index (Phi) is 9.20. The first kappa shape index (κ1) is 27.5. The van der Waals surface area contributed by atoms with E-state index < -0.39 is 9.73 Å². The number of hydrogen-bond acceptors (Lipinski definition) is 10. The van der Waals surface area contributed by atoms with E-state index in [1.54, 1.807) is 24.9 Å². The maximum Gasteiger partial charge on any atom is 0.305 e. The number of carbonyl (C=O) groups is 1. The van der Waals surface area contributed by atoms with Crippen LogP contribution < -0.4 is 9.64 Å². The van der Waals surface area contributed by atoms with Crippen molar-refractivity contribution in [1.82, 2.24) is 19.9 Å². The summed E-state index contributed by atoms with van der Waals surface area (Å²) in [6.07, 6.45) is 10.7. The van der Waals surface area contributed by atoms with Gasteiger partial charge in [-0.25, -0.2) is 19.3 Å². The van der Waals surface area contributed by atoms with Gasteiger partial charge in [-0.05, 0) is 56.3 Å². The summed E-state index contributed by atoms with van der Waals surface area (Å²) in [6.45, 7) is 4.08. The Hall–Kier alpha value is -2.50. The lowest BCUT2D eigenvalue weighted by Gasteiger charge is -2.31. The summed E-state index contributed by atoms with van der Waals surface area (Å²) in [7, 11) is -0.652. The van der Waals surface area contributed by atoms with Crippen molar-refractivity contribution in [2.45, 2.75) is 44.7 Å². The molecule has 4 rings (SSSR count). The van der Waals surface area contributed by atoms with Gasteiger partial charge in [-0.2, -0.15) is 0 Å². The number of pyridine rings is 1. The van der Waals surface area contributed by atoms with Crippen LogP contribution in [-0.2, 0) is 25.8 Å². The fraction of sp³-hybridized carbons (Fsp3) is 0.600. The predicted molar refractivity (Wildman–Crippen MR) is 144 cm³/mol. The summed E-state index contributed by atoms with van der Waals surface area (Å²) in [5.41, 5.74) is 1.01. The Balaban J connectivity index is 1.31. The largest absolute Gasteiger partial charge is 0.469 e. The third-order valence-electron chi connectivity index (χ3n) is 6.61. The number of piperidine rings is 2. The van der Waals surface area contributed by atoms with Crippen molar-refractivity contribution >= 4 is 33.2 Å². The molecule has 0 N–H and O–H groups in total. The highest BCUT2D eigenvalue weighted by Crippen LogP contribution is 2.27. The monoisotopic (exact) mass is 550 g/mol. The minimum absolute atomic E-state index is 0.121. The van der Waals surface area contributed by atoms with Gasteiger partial charge >= 0.3 is 5.97 Å². The zero-order valence-corrected chi connectivity index (χ0v) is 23.2. The number of methoxy groups -OCH3 is 1. The molecule has 2 aliphatic rings. The van der Waals surface area contributed by atoms with Gasteiger partial charge in [0.1, 0.15) is 5.15 Å². The van der Waals surface area contributed by atoms with Crippen molar-refractivity contribution in [1.29, 1.82) is 0 Å². The average molecular weight is 551 g/mol. The van der Waals surface area contributed by atoms with Crippen molar-refractivity contribution in [3.05, 3.63) is 35.2 Å². The third-order valence-corrected chi connectivity index (χ3v) is 7.61. The standard InChI is InChI=1S/C25H35ClN6O4S/c1-35-24(33)14-18-4-8-31(9-5-18)17-19-12-22(26)29-23(13-19)36-21-15-27-25(28-16-21)32-10-6-20(7-11-32)30-37(2,3)34/h12-13,15-16,18,20H,4-11,14,17H2,1-3H3. The molecule has 2 fully saturated rings. The first-order valence-corrected chi connectivity index (χ1v) is 15.2. The summed E-state index contributed by atoms with van der Waals surface area (Å²) in [4.78, 5) is 29.2. The van der Waals surface area contributed by atoms with Crippen LogP contribution >= 0.6 is 11.6 Å². The molecule has 2 aliphatic heterocycles. The Bertz CT molecular complexity index is 1180. The molecule has 0 saturated carbocycles. The van der Waals surface area contributed by atoms with Gasteiger partial charge in [0.2, 0.25) is 11.8 Å². The quantitative estimate of drug-likeness (QED) is 0.358. The van der Waals surface area contributed by atoms with Crippen LogP contribution in [0.2, 0.25) is 5.15 Å². The first-order valence-electron chi connectivity index (χ1n) is 12.5. The van der Waals surface area contributed by atoms with E-state index in [0.717, 1.165) is 64.0 Å². The SMILES string of the molecule is COC(=O)CC1CCN(Cc2cc(Cl)nc(Oc3cnc(N4CCC(N=S(C)(C)=O)CC4)nc3)c2)CC1. The molecular formula is C25H35ClN6O4S. The van der Waals surface area contributed by atoms with E-state index in [4.69, 9.17) is 21.1 Å². The molecule has 0 aliphatic carbocycles. The van der Waals surface area contributed by atoms with E-state index in [9.17, 15) is 9.00 Å². The van der Waals surface area contributed by atoms with E-state index in [-0.39, 0.29) is 12.0 Å². The number of hydrogen-bond donors (Lipinski definition) is 0. The minimum atomic E-state index is -2.09. The fourth-order valence-electron chi connectivity index (χ4n) is 4.77. The maximum absolute atomic E-state index is 11.9. The van der Waals surface area contributed by atoms with Crippen molar-refractivity contribution in [3.8, 4) is 11.6 Å². The summed E-state index contributed by atoms with van der Waals surface area (Å²) in [5.74, 6) is 1.74. The molecule has 37 heavy (non-hydrogen) atoms. The van der Waals surface area contributed by atoms with E-state index in [1.165, 1.54) is 7.11 Å². The van der Waals surface area contributed by atoms with Crippen LogP contribution in [0.1, 0.15) is 37.7 Å². The summed E-state index contributed by atoms with van der Waals surface area (Å²) < 4.78 is 27.1. The lowest BCUT2D eigenvalue weighted by molar-refractivity contribution is -0.142. The second-order valence-electron chi connectivity index (χ2n) is 9.96. The summed E-state index contributed by atoms with van der Waals surface area (Å²) >= 11 is 6.28. The fourth-order valence-corrected chi connectivity index (χ4v) is 5.92. The molecule has 0 aromatic carbocycles. The Morgan fingerprint density at radius 2 is 1.78 bits per heavy atom. The molecule has 202 valence electrons. The molecule has 0 radical (unpaired) electrons. The Morgan fingerprint density at radius 1 is 1.11 bits per heavy atom. The van der Waals surface area contributed by atoms with Crippen LogP contribution in [-0.4, -0.2) is 81.9 Å². The van der Waals surface area contributed by atoms with Gasteiger partial charge in [0.15, 0.2) is 5.75 Å². The maximum atomic E-state index is 11.9. The molecule has 0 spiro atoms.